The Balaban J connectivity index is 1.78. The van der Waals surface area contributed by atoms with Gasteiger partial charge in [0.05, 0.1) is 21.0 Å². The van der Waals surface area contributed by atoms with Crippen LogP contribution >= 0.6 is 22.9 Å². The van der Waals surface area contributed by atoms with Crippen LogP contribution in [-0.2, 0) is 27.7 Å². The highest BCUT2D eigenvalue weighted by Crippen LogP contribution is 2.45. The van der Waals surface area contributed by atoms with E-state index in [9.17, 15) is 40.3 Å². The molecule has 2 heterocycles. The minimum absolute atomic E-state index is 0.00604. The zero-order chi connectivity index (χ0) is 31.2. The fraction of sp³-hybridized carbons (Fsp3) is 0.520. The van der Waals surface area contributed by atoms with Crippen molar-refractivity contribution in [2.75, 3.05) is 0 Å². The number of rotatable bonds is 11. The van der Waals surface area contributed by atoms with Crippen molar-refractivity contribution in [3.63, 3.8) is 0 Å². The molecule has 1 fully saturated rings. The normalized spacial score (nSPS) is 15.7. The molecule has 0 saturated heterocycles. The number of carbonyl (C=O) groups is 1. The molecule has 2 aromatic heterocycles. The highest BCUT2D eigenvalue weighted by Gasteiger charge is 2.40. The summed E-state index contributed by atoms with van der Waals surface area (Å²) >= 11 is 7.10. The number of carboxylic acids is 1. The Hall–Kier alpha value is -2.69. The molecule has 2 N–H and O–H groups in total. The Morgan fingerprint density at radius 1 is 1.24 bits per heavy atom. The second-order valence-electron chi connectivity index (χ2n) is 10.7. The molecular weight excluding hydrogens is 631 g/mol. The fourth-order valence-corrected chi connectivity index (χ4v) is 7.12. The van der Waals surface area contributed by atoms with Gasteiger partial charge < -0.3 is 9.63 Å². The van der Waals surface area contributed by atoms with E-state index in [1.54, 1.807) is 0 Å². The van der Waals surface area contributed by atoms with Crippen molar-refractivity contribution in [3.8, 4) is 21.3 Å². The van der Waals surface area contributed by atoms with Crippen LogP contribution in [0.5, 0.6) is 0 Å². The molecule has 17 heteroatoms. The van der Waals surface area contributed by atoms with Gasteiger partial charge in [0.25, 0.3) is 6.43 Å². The van der Waals surface area contributed by atoms with Crippen LogP contribution in [0.2, 0.25) is 5.02 Å². The first-order valence-corrected chi connectivity index (χ1v) is 15.3. The minimum Gasteiger partial charge on any atom is -0.481 e. The van der Waals surface area contributed by atoms with Crippen molar-refractivity contribution in [3.05, 3.63) is 34.3 Å². The van der Waals surface area contributed by atoms with Gasteiger partial charge in [-0.1, -0.05) is 42.1 Å². The highest BCUT2D eigenvalue weighted by atomic mass is 35.5. The first-order valence-electron chi connectivity index (χ1n) is 12.7. The first-order chi connectivity index (χ1) is 19.4. The molecule has 0 amide bonds. The number of thiazole rings is 1. The van der Waals surface area contributed by atoms with E-state index in [2.05, 4.69) is 15.1 Å². The van der Waals surface area contributed by atoms with E-state index >= 15 is 0 Å². The minimum atomic E-state index is -4.93. The van der Waals surface area contributed by atoms with Gasteiger partial charge in [-0.15, -0.1) is 11.3 Å². The molecule has 0 aliphatic heterocycles. The zero-order valence-corrected chi connectivity index (χ0v) is 24.8. The van der Waals surface area contributed by atoms with Crippen LogP contribution in [0.1, 0.15) is 63.6 Å². The summed E-state index contributed by atoms with van der Waals surface area (Å²) in [6, 6.07) is -0.548. The van der Waals surface area contributed by atoms with Crippen LogP contribution in [0.4, 0.5) is 22.0 Å². The molecule has 0 unspecified atom stereocenters. The summed E-state index contributed by atoms with van der Waals surface area (Å²) in [5, 5.41) is 12.5. The molecular formula is C25H26ClF5N4O5S2. The summed E-state index contributed by atoms with van der Waals surface area (Å²) in [6.45, 7) is 3.54. The molecule has 1 aliphatic carbocycles. The van der Waals surface area contributed by atoms with Crippen LogP contribution in [0.15, 0.2) is 21.6 Å². The number of alkyl halides is 5. The number of nitrogens with one attached hydrogen (secondary N) is 1. The Kier molecular flexibility index (Phi) is 9.03. The van der Waals surface area contributed by atoms with E-state index in [1.807, 2.05) is 0 Å². The van der Waals surface area contributed by atoms with E-state index in [4.69, 9.17) is 16.1 Å². The third-order valence-corrected chi connectivity index (χ3v) is 10.2. The van der Waals surface area contributed by atoms with E-state index in [0.717, 1.165) is 42.7 Å². The van der Waals surface area contributed by atoms with Gasteiger partial charge in [0.1, 0.15) is 10.9 Å². The van der Waals surface area contributed by atoms with Crippen molar-refractivity contribution in [1.29, 1.82) is 0 Å². The maximum absolute atomic E-state index is 14.4. The molecule has 0 bridgehead atoms. The second kappa shape index (κ2) is 11.8. The van der Waals surface area contributed by atoms with Gasteiger partial charge in [-0.05, 0) is 39.2 Å². The molecule has 0 spiro atoms. The average molecular weight is 657 g/mol. The number of hydrogen-bond donors (Lipinski definition) is 2. The molecule has 1 aromatic carbocycles. The third-order valence-electron chi connectivity index (χ3n) is 6.96. The number of nitrogens with zero attached hydrogens (tertiary/aromatic N) is 3. The van der Waals surface area contributed by atoms with Crippen molar-refractivity contribution in [1.82, 2.24) is 19.8 Å². The Morgan fingerprint density at radius 3 is 2.45 bits per heavy atom. The van der Waals surface area contributed by atoms with Crippen LogP contribution in [0.3, 0.4) is 0 Å². The van der Waals surface area contributed by atoms with Crippen LogP contribution < -0.4 is 4.72 Å². The van der Waals surface area contributed by atoms with Gasteiger partial charge in [0.2, 0.25) is 21.7 Å². The number of halogens is 6. The number of benzene rings is 1. The van der Waals surface area contributed by atoms with Crippen molar-refractivity contribution in [2.45, 2.75) is 76.4 Å². The number of hydrogen-bond acceptors (Lipinski definition) is 8. The molecule has 1 atom stereocenters. The maximum atomic E-state index is 14.4. The van der Waals surface area contributed by atoms with E-state index in [0.29, 0.717) is 19.0 Å². The SMILES string of the molecule is C[C@H](NS(=O)(=O)c1ccc(-c2sc(-c3noc(CC(C)(C)C(=O)O)n3)nc2CC2CCC2)c(C(F)F)c1Cl)C(F)(F)F. The average Bonchev–Trinajstić information content (AvgIpc) is 3.46. The Morgan fingerprint density at radius 2 is 1.90 bits per heavy atom. The second-order valence-corrected chi connectivity index (χ2v) is 13.8. The molecule has 1 aliphatic rings. The summed E-state index contributed by atoms with van der Waals surface area (Å²) in [5.41, 5.74) is -1.80. The highest BCUT2D eigenvalue weighted by molar-refractivity contribution is 7.89. The Labute approximate surface area is 246 Å². The van der Waals surface area contributed by atoms with Gasteiger partial charge in [0.15, 0.2) is 5.01 Å². The molecule has 42 heavy (non-hydrogen) atoms. The lowest BCUT2D eigenvalue weighted by molar-refractivity contribution is -0.147. The molecule has 230 valence electrons. The van der Waals surface area contributed by atoms with Crippen LogP contribution in [0, 0.1) is 11.3 Å². The summed E-state index contributed by atoms with van der Waals surface area (Å²) in [5.74, 6) is -0.812. The third kappa shape index (κ3) is 6.76. The monoisotopic (exact) mass is 656 g/mol. The number of aromatic nitrogens is 3. The maximum Gasteiger partial charge on any atom is 0.404 e. The van der Waals surface area contributed by atoms with E-state index < -0.39 is 55.5 Å². The number of carboxylic acid groups (broad SMARTS) is 1. The first kappa shape index (κ1) is 32.2. The van der Waals surface area contributed by atoms with E-state index in [1.165, 1.54) is 18.6 Å². The van der Waals surface area contributed by atoms with Crippen molar-refractivity contribution in [2.24, 2.45) is 11.3 Å². The van der Waals surface area contributed by atoms with Gasteiger partial charge >= 0.3 is 12.1 Å². The molecule has 0 radical (unpaired) electrons. The molecule has 3 aromatic rings. The number of sulfonamides is 1. The molecule has 9 nitrogen and oxygen atoms in total. The Bertz CT molecular complexity index is 1590. The topological polar surface area (TPSA) is 135 Å². The lowest BCUT2D eigenvalue weighted by Gasteiger charge is -2.25. The van der Waals surface area contributed by atoms with Gasteiger partial charge in [0, 0.05) is 17.5 Å². The quantitative estimate of drug-likeness (QED) is 0.218. The number of aliphatic carboxylic acids is 1. The summed E-state index contributed by atoms with van der Waals surface area (Å²) in [6.07, 6.45) is -5.09. The predicted octanol–water partition coefficient (Wildman–Crippen LogP) is 6.68. The summed E-state index contributed by atoms with van der Waals surface area (Å²) in [7, 11) is -4.93. The zero-order valence-electron chi connectivity index (χ0n) is 22.4. The standard InChI is InChI=1S/C25H26ClF5N4O5S2/c1-11(25(29,30)31)35-42(38,39)15-8-7-13(17(18(15)26)20(27)28)19-14(9-12-5-4-6-12)32-22(41-19)21-33-16(40-34-21)10-24(2,3)23(36)37/h7-8,11-12,20,35H,4-6,9-10H2,1-3H3,(H,36,37)/t11-/m0/s1. The van der Waals surface area contributed by atoms with Gasteiger partial charge in [-0.25, -0.2) is 22.2 Å². The molecule has 4 rings (SSSR count). The lowest BCUT2D eigenvalue weighted by atomic mass is 9.81. The summed E-state index contributed by atoms with van der Waals surface area (Å²) in [4.78, 5) is 19.6. The largest absolute Gasteiger partial charge is 0.481 e. The van der Waals surface area contributed by atoms with E-state index in [-0.39, 0.29) is 39.5 Å². The van der Waals surface area contributed by atoms with Gasteiger partial charge in [-0.3, -0.25) is 4.79 Å². The predicted molar refractivity (Wildman–Crippen MR) is 143 cm³/mol. The molecule has 1 saturated carbocycles. The van der Waals surface area contributed by atoms with Crippen molar-refractivity contribution >= 4 is 38.9 Å². The fourth-order valence-electron chi connectivity index (χ4n) is 4.19. The van der Waals surface area contributed by atoms with Crippen molar-refractivity contribution < 1.29 is 44.8 Å². The van der Waals surface area contributed by atoms with Gasteiger partial charge in [-0.2, -0.15) is 22.9 Å². The summed E-state index contributed by atoms with van der Waals surface area (Å²) < 4.78 is 99.9. The van der Waals surface area contributed by atoms with Crippen LogP contribution in [-0.4, -0.2) is 46.8 Å². The smallest absolute Gasteiger partial charge is 0.404 e. The lowest BCUT2D eigenvalue weighted by Crippen LogP contribution is -2.43. The van der Waals surface area contributed by atoms with Crippen LogP contribution in [0.25, 0.3) is 21.3 Å².